The molecule has 0 saturated carbocycles. The Hall–Kier alpha value is -0.770. The third kappa shape index (κ3) is 3.11. The molecule has 88 valence electrons. The van der Waals surface area contributed by atoms with Gasteiger partial charge in [-0.15, -0.1) is 0 Å². The van der Waals surface area contributed by atoms with Crippen molar-refractivity contribution >= 4 is 29.1 Å². The lowest BCUT2D eigenvalue weighted by Crippen LogP contribution is -2.50. The summed E-state index contributed by atoms with van der Waals surface area (Å²) in [5.74, 6) is -0.421. The largest absolute Gasteiger partial charge is 0.368 e. The van der Waals surface area contributed by atoms with Gasteiger partial charge in [-0.1, -0.05) is 29.3 Å². The summed E-state index contributed by atoms with van der Waals surface area (Å²) in [6, 6.07) is 5.27. The molecule has 0 spiro atoms. The fraction of sp³-hybridized carbons (Fsp3) is 0.364. The zero-order valence-corrected chi connectivity index (χ0v) is 10.7. The molecular weight excluding hydrogens is 247 g/mol. The highest BCUT2D eigenvalue weighted by Crippen LogP contribution is 2.24. The minimum Gasteiger partial charge on any atom is -0.368 e. The van der Waals surface area contributed by atoms with Crippen molar-refractivity contribution in [1.82, 2.24) is 5.32 Å². The standard InChI is InChI=1S/C11H14Cl2N2O/c1-11(2,10(14)16)15-6-7-8(12)4-3-5-9(7)13/h3-5,15H,6H2,1-2H3,(H2,14,16). The molecule has 1 aromatic carbocycles. The van der Waals surface area contributed by atoms with Gasteiger partial charge in [0.1, 0.15) is 0 Å². The van der Waals surface area contributed by atoms with E-state index in [9.17, 15) is 4.79 Å². The Morgan fingerprint density at radius 1 is 1.38 bits per heavy atom. The van der Waals surface area contributed by atoms with Crippen molar-refractivity contribution < 1.29 is 4.79 Å². The van der Waals surface area contributed by atoms with Crippen molar-refractivity contribution in [3.8, 4) is 0 Å². The smallest absolute Gasteiger partial charge is 0.237 e. The predicted octanol–water partition coefficient (Wildman–Crippen LogP) is 2.35. The molecule has 0 aliphatic heterocycles. The van der Waals surface area contributed by atoms with E-state index in [0.717, 1.165) is 5.56 Å². The molecule has 0 aromatic heterocycles. The van der Waals surface area contributed by atoms with Crippen LogP contribution in [0.4, 0.5) is 0 Å². The fourth-order valence-corrected chi connectivity index (χ4v) is 1.63. The number of primary amides is 1. The Labute approximate surface area is 105 Å². The van der Waals surface area contributed by atoms with Crippen LogP contribution in [0.1, 0.15) is 19.4 Å². The third-order valence-electron chi connectivity index (χ3n) is 2.38. The minimum atomic E-state index is -0.789. The number of carbonyl (C=O) groups is 1. The molecule has 5 heteroatoms. The molecule has 1 aromatic rings. The number of benzene rings is 1. The van der Waals surface area contributed by atoms with Crippen LogP contribution in [0.15, 0.2) is 18.2 Å². The normalized spacial score (nSPS) is 11.5. The van der Waals surface area contributed by atoms with E-state index in [-0.39, 0.29) is 0 Å². The van der Waals surface area contributed by atoms with E-state index >= 15 is 0 Å². The summed E-state index contributed by atoms with van der Waals surface area (Å²) < 4.78 is 0. The molecule has 0 saturated heterocycles. The topological polar surface area (TPSA) is 55.1 Å². The van der Waals surface area contributed by atoms with Crippen molar-refractivity contribution in [3.63, 3.8) is 0 Å². The van der Waals surface area contributed by atoms with Crippen molar-refractivity contribution in [2.75, 3.05) is 0 Å². The summed E-state index contributed by atoms with van der Waals surface area (Å²) >= 11 is 12.0. The quantitative estimate of drug-likeness (QED) is 0.874. The van der Waals surface area contributed by atoms with Crippen LogP contribution in [-0.2, 0) is 11.3 Å². The molecule has 1 amide bonds. The molecular formula is C11H14Cl2N2O. The van der Waals surface area contributed by atoms with Gasteiger partial charge in [-0.05, 0) is 26.0 Å². The molecule has 0 fully saturated rings. The van der Waals surface area contributed by atoms with Gasteiger partial charge < -0.3 is 5.73 Å². The van der Waals surface area contributed by atoms with Gasteiger partial charge in [0.15, 0.2) is 0 Å². The molecule has 1 rings (SSSR count). The van der Waals surface area contributed by atoms with Crippen LogP contribution < -0.4 is 11.1 Å². The molecule has 3 N–H and O–H groups in total. The highest BCUT2D eigenvalue weighted by atomic mass is 35.5. The number of rotatable bonds is 4. The van der Waals surface area contributed by atoms with Gasteiger partial charge in [-0.25, -0.2) is 0 Å². The molecule has 3 nitrogen and oxygen atoms in total. The highest BCUT2D eigenvalue weighted by Gasteiger charge is 2.24. The Morgan fingerprint density at radius 2 is 1.88 bits per heavy atom. The van der Waals surface area contributed by atoms with Gasteiger partial charge in [0.2, 0.25) is 5.91 Å². The monoisotopic (exact) mass is 260 g/mol. The van der Waals surface area contributed by atoms with E-state index in [1.807, 2.05) is 0 Å². The maximum Gasteiger partial charge on any atom is 0.237 e. The van der Waals surface area contributed by atoms with E-state index in [2.05, 4.69) is 5.32 Å². The summed E-state index contributed by atoms with van der Waals surface area (Å²) in [6.07, 6.45) is 0. The molecule has 0 atom stereocenters. The zero-order valence-electron chi connectivity index (χ0n) is 9.18. The second-order valence-electron chi connectivity index (χ2n) is 4.04. The number of hydrogen-bond acceptors (Lipinski definition) is 2. The molecule has 16 heavy (non-hydrogen) atoms. The number of carbonyl (C=O) groups excluding carboxylic acids is 1. The van der Waals surface area contributed by atoms with Crippen LogP contribution in [0.5, 0.6) is 0 Å². The second kappa shape index (κ2) is 5.04. The van der Waals surface area contributed by atoms with Crippen LogP contribution in [0.25, 0.3) is 0 Å². The average Bonchev–Trinajstić information content (AvgIpc) is 2.16. The Bertz CT molecular complexity index is 385. The van der Waals surface area contributed by atoms with Crippen molar-refractivity contribution in [2.24, 2.45) is 5.73 Å². The van der Waals surface area contributed by atoms with Gasteiger partial charge in [-0.3, -0.25) is 10.1 Å². The van der Waals surface area contributed by atoms with Crippen LogP contribution in [0, 0.1) is 0 Å². The maximum absolute atomic E-state index is 11.1. The molecule has 0 aliphatic rings. The number of amides is 1. The average molecular weight is 261 g/mol. The summed E-state index contributed by atoms with van der Waals surface area (Å²) in [5, 5.41) is 4.15. The summed E-state index contributed by atoms with van der Waals surface area (Å²) in [6.45, 7) is 3.81. The van der Waals surface area contributed by atoms with E-state index in [1.54, 1.807) is 32.0 Å². The Balaban J connectivity index is 2.79. The Kier molecular flexibility index (Phi) is 4.19. The van der Waals surface area contributed by atoms with E-state index in [0.29, 0.717) is 16.6 Å². The van der Waals surface area contributed by atoms with Crippen LogP contribution >= 0.6 is 23.2 Å². The predicted molar refractivity (Wildman–Crippen MR) is 66.6 cm³/mol. The lowest BCUT2D eigenvalue weighted by atomic mass is 10.0. The third-order valence-corrected chi connectivity index (χ3v) is 3.09. The molecule has 0 radical (unpaired) electrons. The van der Waals surface area contributed by atoms with Gasteiger partial charge >= 0.3 is 0 Å². The van der Waals surface area contributed by atoms with Gasteiger partial charge in [0.25, 0.3) is 0 Å². The first-order chi connectivity index (χ1) is 7.34. The fourth-order valence-electron chi connectivity index (χ4n) is 1.10. The molecule has 0 heterocycles. The number of halogens is 2. The lowest BCUT2D eigenvalue weighted by Gasteiger charge is -2.22. The lowest BCUT2D eigenvalue weighted by molar-refractivity contribution is -0.123. The van der Waals surface area contributed by atoms with Crippen molar-refractivity contribution in [1.29, 1.82) is 0 Å². The van der Waals surface area contributed by atoms with E-state index in [1.165, 1.54) is 0 Å². The molecule has 0 bridgehead atoms. The summed E-state index contributed by atoms with van der Waals surface area (Å²) in [4.78, 5) is 11.1. The van der Waals surface area contributed by atoms with Crippen LogP contribution in [-0.4, -0.2) is 11.4 Å². The first kappa shape index (κ1) is 13.3. The SMILES string of the molecule is CC(C)(NCc1c(Cl)cccc1Cl)C(N)=O. The van der Waals surface area contributed by atoms with Crippen LogP contribution in [0.2, 0.25) is 10.0 Å². The summed E-state index contributed by atoms with van der Waals surface area (Å²) in [7, 11) is 0. The first-order valence-electron chi connectivity index (χ1n) is 4.82. The minimum absolute atomic E-state index is 0.397. The number of hydrogen-bond donors (Lipinski definition) is 2. The van der Waals surface area contributed by atoms with Gasteiger partial charge in [0, 0.05) is 22.2 Å². The van der Waals surface area contributed by atoms with Gasteiger partial charge in [-0.2, -0.15) is 0 Å². The maximum atomic E-state index is 11.1. The molecule has 0 aliphatic carbocycles. The van der Waals surface area contributed by atoms with Crippen molar-refractivity contribution in [2.45, 2.75) is 25.9 Å². The van der Waals surface area contributed by atoms with Gasteiger partial charge in [0.05, 0.1) is 5.54 Å². The zero-order chi connectivity index (χ0) is 12.3. The number of nitrogens with one attached hydrogen (secondary N) is 1. The Morgan fingerprint density at radius 3 is 2.31 bits per heavy atom. The van der Waals surface area contributed by atoms with Crippen molar-refractivity contribution in [3.05, 3.63) is 33.8 Å². The summed E-state index contributed by atoms with van der Waals surface area (Å²) in [5.41, 5.74) is 5.22. The van der Waals surface area contributed by atoms with E-state index < -0.39 is 11.4 Å². The number of nitrogens with two attached hydrogens (primary N) is 1. The highest BCUT2D eigenvalue weighted by molar-refractivity contribution is 6.35. The first-order valence-corrected chi connectivity index (χ1v) is 5.58. The van der Waals surface area contributed by atoms with E-state index in [4.69, 9.17) is 28.9 Å². The second-order valence-corrected chi connectivity index (χ2v) is 4.86. The molecule has 0 unspecified atom stereocenters. The van der Waals surface area contributed by atoms with Crippen LogP contribution in [0.3, 0.4) is 0 Å².